The van der Waals surface area contributed by atoms with Gasteiger partial charge in [-0.05, 0) is 42.7 Å². The Labute approximate surface area is 163 Å². The lowest BCUT2D eigenvalue weighted by molar-refractivity contribution is -0.119. The molecule has 2 aromatic rings. The van der Waals surface area contributed by atoms with Gasteiger partial charge in [-0.3, -0.25) is 9.10 Å². The number of amides is 1. The van der Waals surface area contributed by atoms with E-state index in [0.717, 1.165) is 34.3 Å². The molecule has 0 saturated carbocycles. The molecule has 2 aromatic carbocycles. The molecule has 1 aliphatic rings. The standard InChI is InChI=1S/C19H20ClFN2O3S/c1-3-17(19(24)22-11-10-13-6-4-5-7-18(13)22)23(27(2,25)26)14-8-9-16(21)15(20)12-14/h4-9,12,17H,3,10-11H2,1-2H3. The van der Waals surface area contributed by atoms with Gasteiger partial charge in [0.25, 0.3) is 5.91 Å². The third-order valence-electron chi connectivity index (χ3n) is 4.62. The Balaban J connectivity index is 2.02. The topological polar surface area (TPSA) is 57.7 Å². The van der Waals surface area contributed by atoms with Crippen LogP contribution in [0.4, 0.5) is 15.8 Å². The SMILES string of the molecule is CCC(C(=O)N1CCc2ccccc21)N(c1ccc(F)c(Cl)c1)S(C)(=O)=O. The van der Waals surface area contributed by atoms with Crippen LogP contribution in [0, 0.1) is 5.82 Å². The Morgan fingerprint density at radius 2 is 2.00 bits per heavy atom. The van der Waals surface area contributed by atoms with Crippen molar-refractivity contribution in [3.63, 3.8) is 0 Å². The van der Waals surface area contributed by atoms with Crippen LogP contribution in [-0.4, -0.2) is 33.2 Å². The summed E-state index contributed by atoms with van der Waals surface area (Å²) in [5, 5.41) is -0.199. The van der Waals surface area contributed by atoms with Crippen molar-refractivity contribution in [1.82, 2.24) is 0 Å². The predicted octanol–water partition coefficient (Wildman–Crippen LogP) is 3.61. The van der Waals surface area contributed by atoms with E-state index in [1.807, 2.05) is 24.3 Å². The molecule has 8 heteroatoms. The second kappa shape index (κ2) is 7.48. The van der Waals surface area contributed by atoms with Crippen LogP contribution < -0.4 is 9.21 Å². The maximum Gasteiger partial charge on any atom is 0.250 e. The van der Waals surface area contributed by atoms with Gasteiger partial charge in [0.1, 0.15) is 11.9 Å². The van der Waals surface area contributed by atoms with Gasteiger partial charge < -0.3 is 4.90 Å². The Morgan fingerprint density at radius 3 is 2.63 bits per heavy atom. The second-order valence-corrected chi connectivity index (χ2v) is 8.72. The predicted molar refractivity (Wildman–Crippen MR) is 105 cm³/mol. The molecule has 1 heterocycles. The fraction of sp³-hybridized carbons (Fsp3) is 0.316. The number of hydrogen-bond donors (Lipinski definition) is 0. The van der Waals surface area contributed by atoms with Crippen molar-refractivity contribution in [2.75, 3.05) is 22.0 Å². The monoisotopic (exact) mass is 410 g/mol. The van der Waals surface area contributed by atoms with E-state index >= 15 is 0 Å². The van der Waals surface area contributed by atoms with Gasteiger partial charge in [-0.15, -0.1) is 0 Å². The summed E-state index contributed by atoms with van der Waals surface area (Å²) in [4.78, 5) is 14.9. The molecule has 5 nitrogen and oxygen atoms in total. The van der Waals surface area contributed by atoms with Crippen LogP contribution in [0.1, 0.15) is 18.9 Å². The number of sulfonamides is 1. The van der Waals surface area contributed by atoms with Gasteiger partial charge in [-0.2, -0.15) is 0 Å². The summed E-state index contributed by atoms with van der Waals surface area (Å²) in [5.74, 6) is -0.963. The Morgan fingerprint density at radius 1 is 1.30 bits per heavy atom. The Bertz CT molecular complexity index is 981. The van der Waals surface area contributed by atoms with Crippen LogP contribution in [0.5, 0.6) is 0 Å². The maximum absolute atomic E-state index is 13.5. The molecule has 0 fully saturated rings. The first-order valence-electron chi connectivity index (χ1n) is 8.57. The largest absolute Gasteiger partial charge is 0.310 e. The third-order valence-corrected chi connectivity index (χ3v) is 6.09. The van der Waals surface area contributed by atoms with Crippen LogP contribution >= 0.6 is 11.6 Å². The van der Waals surface area contributed by atoms with Gasteiger partial charge in [0.05, 0.1) is 17.0 Å². The van der Waals surface area contributed by atoms with Crippen molar-refractivity contribution in [2.45, 2.75) is 25.8 Å². The van der Waals surface area contributed by atoms with E-state index in [4.69, 9.17) is 11.6 Å². The molecule has 1 amide bonds. The summed E-state index contributed by atoms with van der Waals surface area (Å²) in [6, 6.07) is 10.3. The molecular formula is C19H20ClFN2O3S. The maximum atomic E-state index is 13.5. The lowest BCUT2D eigenvalue weighted by atomic mass is 10.1. The molecule has 3 rings (SSSR count). The number of halogens is 2. The molecule has 0 N–H and O–H groups in total. The van der Waals surface area contributed by atoms with E-state index in [2.05, 4.69) is 0 Å². The van der Waals surface area contributed by atoms with E-state index in [1.165, 1.54) is 12.1 Å². The highest BCUT2D eigenvalue weighted by molar-refractivity contribution is 7.92. The molecule has 0 bridgehead atoms. The molecule has 27 heavy (non-hydrogen) atoms. The number of rotatable bonds is 5. The summed E-state index contributed by atoms with van der Waals surface area (Å²) in [6.45, 7) is 2.24. The van der Waals surface area contributed by atoms with Crippen LogP contribution in [0.3, 0.4) is 0 Å². The van der Waals surface area contributed by atoms with Gasteiger partial charge in [0.2, 0.25) is 10.0 Å². The third kappa shape index (κ3) is 3.80. The Kier molecular flexibility index (Phi) is 5.44. The fourth-order valence-corrected chi connectivity index (χ4v) is 4.79. The highest BCUT2D eigenvalue weighted by Crippen LogP contribution is 2.32. The lowest BCUT2D eigenvalue weighted by Gasteiger charge is -2.33. The molecule has 144 valence electrons. The molecule has 0 radical (unpaired) electrons. The van der Waals surface area contributed by atoms with Gasteiger partial charge in [0.15, 0.2) is 0 Å². The van der Waals surface area contributed by atoms with Gasteiger partial charge >= 0.3 is 0 Å². The van der Waals surface area contributed by atoms with Crippen molar-refractivity contribution in [3.05, 3.63) is 58.9 Å². The van der Waals surface area contributed by atoms with Crippen molar-refractivity contribution in [1.29, 1.82) is 0 Å². The molecule has 0 aromatic heterocycles. The summed E-state index contributed by atoms with van der Waals surface area (Å²) < 4.78 is 39.6. The first kappa shape index (κ1) is 19.6. The molecule has 0 spiro atoms. The van der Waals surface area contributed by atoms with Gasteiger partial charge in [-0.1, -0.05) is 36.7 Å². The number of hydrogen-bond acceptors (Lipinski definition) is 3. The van der Waals surface area contributed by atoms with E-state index in [9.17, 15) is 17.6 Å². The van der Waals surface area contributed by atoms with E-state index in [1.54, 1.807) is 11.8 Å². The number of carbonyl (C=O) groups excluding carboxylic acids is 1. The van der Waals surface area contributed by atoms with Crippen LogP contribution in [0.25, 0.3) is 0 Å². The molecule has 1 atom stereocenters. The minimum atomic E-state index is -3.81. The quantitative estimate of drug-likeness (QED) is 0.756. The van der Waals surface area contributed by atoms with Crippen molar-refractivity contribution in [2.24, 2.45) is 0 Å². The highest BCUT2D eigenvalue weighted by atomic mass is 35.5. The average molecular weight is 411 g/mol. The van der Waals surface area contributed by atoms with Crippen LogP contribution in [-0.2, 0) is 21.2 Å². The van der Waals surface area contributed by atoms with E-state index in [-0.39, 0.29) is 23.0 Å². The smallest absolute Gasteiger partial charge is 0.250 e. The van der Waals surface area contributed by atoms with Crippen molar-refractivity contribution in [3.8, 4) is 0 Å². The number of nitrogens with zero attached hydrogens (tertiary/aromatic N) is 2. The first-order chi connectivity index (χ1) is 12.7. The molecule has 1 aliphatic heterocycles. The van der Waals surface area contributed by atoms with Crippen molar-refractivity contribution >= 4 is 38.9 Å². The van der Waals surface area contributed by atoms with Gasteiger partial charge in [-0.25, -0.2) is 12.8 Å². The first-order valence-corrected chi connectivity index (χ1v) is 10.8. The number of anilines is 2. The van der Waals surface area contributed by atoms with Gasteiger partial charge in [0, 0.05) is 12.2 Å². The number of para-hydroxylation sites is 1. The second-order valence-electron chi connectivity index (χ2n) is 6.45. The zero-order valence-electron chi connectivity index (χ0n) is 15.0. The molecular weight excluding hydrogens is 391 g/mol. The average Bonchev–Trinajstić information content (AvgIpc) is 3.04. The summed E-state index contributed by atoms with van der Waals surface area (Å²) in [7, 11) is -3.81. The highest BCUT2D eigenvalue weighted by Gasteiger charge is 2.36. The Hall–Kier alpha value is -2.12. The molecule has 0 saturated heterocycles. The summed E-state index contributed by atoms with van der Waals surface area (Å²) in [5.41, 5.74) is 2.01. The number of carbonyl (C=O) groups is 1. The number of benzene rings is 2. The fourth-order valence-electron chi connectivity index (χ4n) is 3.41. The van der Waals surface area contributed by atoms with E-state index in [0.29, 0.717) is 6.54 Å². The zero-order chi connectivity index (χ0) is 19.8. The van der Waals surface area contributed by atoms with Crippen LogP contribution in [0.15, 0.2) is 42.5 Å². The molecule has 0 aliphatic carbocycles. The normalized spacial score (nSPS) is 14.7. The number of fused-ring (bicyclic) bond motifs is 1. The van der Waals surface area contributed by atoms with Crippen LogP contribution in [0.2, 0.25) is 5.02 Å². The summed E-state index contributed by atoms with van der Waals surface area (Å²) >= 11 is 5.84. The minimum Gasteiger partial charge on any atom is -0.310 e. The van der Waals surface area contributed by atoms with E-state index < -0.39 is 21.9 Å². The lowest BCUT2D eigenvalue weighted by Crippen LogP contribution is -2.50. The molecule has 1 unspecified atom stereocenters. The minimum absolute atomic E-state index is 0.164. The van der Waals surface area contributed by atoms with Crippen molar-refractivity contribution < 1.29 is 17.6 Å². The zero-order valence-corrected chi connectivity index (χ0v) is 16.6. The summed E-state index contributed by atoms with van der Waals surface area (Å²) in [6.07, 6.45) is 2.01.